The highest BCUT2D eigenvalue weighted by Gasteiger charge is 2.31. The van der Waals surface area contributed by atoms with E-state index in [0.29, 0.717) is 10.7 Å². The molecule has 9 nitrogen and oxygen atoms in total. The van der Waals surface area contributed by atoms with Crippen LogP contribution in [0.25, 0.3) is 0 Å². The number of nitrogens with one attached hydrogen (secondary N) is 1. The number of amides is 2. The molecule has 1 atom stereocenters. The van der Waals surface area contributed by atoms with Gasteiger partial charge in [0.25, 0.3) is 15.9 Å². The maximum absolute atomic E-state index is 12.8. The molecule has 1 aliphatic heterocycles. The van der Waals surface area contributed by atoms with Gasteiger partial charge in [-0.15, -0.1) is 11.3 Å². The number of aromatic nitrogens is 1. The van der Waals surface area contributed by atoms with Gasteiger partial charge in [0, 0.05) is 31.8 Å². The maximum Gasteiger partial charge on any atom is 0.263 e. The van der Waals surface area contributed by atoms with E-state index in [9.17, 15) is 18.0 Å². The third kappa shape index (κ3) is 5.69. The molecule has 1 aromatic heterocycles. The minimum atomic E-state index is -3.80. The molecule has 0 bridgehead atoms. The van der Waals surface area contributed by atoms with Gasteiger partial charge in [0.2, 0.25) is 5.91 Å². The number of carbonyl (C=O) groups excluding carboxylic acids is 2. The Morgan fingerprint density at radius 1 is 1.20 bits per heavy atom. The van der Waals surface area contributed by atoms with Gasteiger partial charge in [-0.3, -0.25) is 14.3 Å². The quantitative estimate of drug-likeness (QED) is 0.468. The number of thiazole rings is 1. The number of rotatable bonds is 7. The van der Waals surface area contributed by atoms with Crippen molar-refractivity contribution in [1.29, 1.82) is 0 Å². The van der Waals surface area contributed by atoms with Crippen LogP contribution in [0.3, 0.4) is 0 Å². The number of hydrogen-bond acceptors (Lipinski definition) is 7. The highest BCUT2D eigenvalue weighted by molar-refractivity contribution is 7.93. The number of halogens is 2. The minimum absolute atomic E-state index is 0. The Balaban J connectivity index is 0.00000361. The molecule has 0 radical (unpaired) electrons. The van der Waals surface area contributed by atoms with E-state index in [0.717, 1.165) is 0 Å². The van der Waals surface area contributed by atoms with E-state index in [2.05, 4.69) is 9.71 Å². The molecule has 1 saturated heterocycles. The Morgan fingerprint density at radius 3 is 2.60 bits per heavy atom. The largest absolute Gasteiger partial charge is 0.479 e. The molecule has 1 aliphatic rings. The molecule has 4 rings (SSSR count). The summed E-state index contributed by atoms with van der Waals surface area (Å²) < 4.78 is 33.1. The average Bonchev–Trinajstić information content (AvgIpc) is 3.34. The molecule has 2 aromatic carbocycles. The standard InChI is InChI=1S/C22H20Cl2N4O5S2.H2/c1-14(33-18-4-2-3-17(23)20(18)24)21(30)27-10-11-28(19(29)13-27)15-5-7-16(8-6-15)35(31,32)26-22-25-9-12-34-22;/h2-9,12,14H,10-11,13H2,1H3,(H,25,26);1H/t14-;/m0./s1. The van der Waals surface area contributed by atoms with Crippen LogP contribution in [0.5, 0.6) is 5.75 Å². The molecule has 1 N–H and O–H groups in total. The Morgan fingerprint density at radius 2 is 1.94 bits per heavy atom. The number of benzene rings is 2. The predicted molar refractivity (Wildman–Crippen MR) is 137 cm³/mol. The molecule has 186 valence electrons. The van der Waals surface area contributed by atoms with Gasteiger partial charge in [0.15, 0.2) is 11.2 Å². The number of nitrogens with zero attached hydrogens (tertiary/aromatic N) is 3. The summed E-state index contributed by atoms with van der Waals surface area (Å²) in [7, 11) is -3.80. The first-order valence-corrected chi connectivity index (χ1v) is 13.5. The Bertz CT molecular complexity index is 1340. The van der Waals surface area contributed by atoms with Gasteiger partial charge in [0.05, 0.1) is 9.92 Å². The summed E-state index contributed by atoms with van der Waals surface area (Å²) in [5.41, 5.74) is 0.533. The molecule has 0 aliphatic carbocycles. The van der Waals surface area contributed by atoms with Crippen LogP contribution < -0.4 is 14.4 Å². The molecule has 1 fully saturated rings. The Hall–Kier alpha value is -2.86. The Kier molecular flexibility index (Phi) is 7.50. The first kappa shape index (κ1) is 25.2. The lowest BCUT2D eigenvalue weighted by atomic mass is 10.2. The summed E-state index contributed by atoms with van der Waals surface area (Å²) >= 11 is 13.3. The smallest absolute Gasteiger partial charge is 0.263 e. The number of hydrogen-bond donors (Lipinski definition) is 1. The molecule has 0 unspecified atom stereocenters. The fraction of sp³-hybridized carbons (Fsp3) is 0.227. The van der Waals surface area contributed by atoms with Crippen molar-refractivity contribution in [2.45, 2.75) is 17.9 Å². The molecule has 0 saturated carbocycles. The van der Waals surface area contributed by atoms with E-state index in [1.165, 1.54) is 39.5 Å². The van der Waals surface area contributed by atoms with E-state index >= 15 is 0 Å². The lowest BCUT2D eigenvalue weighted by Gasteiger charge is -2.35. The van der Waals surface area contributed by atoms with Crippen LogP contribution in [-0.4, -0.2) is 55.9 Å². The van der Waals surface area contributed by atoms with Crippen molar-refractivity contribution >= 4 is 67.2 Å². The van der Waals surface area contributed by atoms with Gasteiger partial charge in [-0.2, -0.15) is 0 Å². The van der Waals surface area contributed by atoms with Crippen LogP contribution in [0.2, 0.25) is 10.0 Å². The number of sulfonamides is 1. The first-order chi connectivity index (χ1) is 16.7. The fourth-order valence-corrected chi connectivity index (χ4v) is 5.59. The summed E-state index contributed by atoms with van der Waals surface area (Å²) in [5.74, 6) is -0.373. The van der Waals surface area contributed by atoms with Crippen molar-refractivity contribution in [3.8, 4) is 5.75 Å². The summed E-state index contributed by atoms with van der Waals surface area (Å²) in [6.07, 6.45) is 0.626. The molecule has 3 aromatic rings. The predicted octanol–water partition coefficient (Wildman–Crippen LogP) is 4.14. The van der Waals surface area contributed by atoms with Crippen molar-refractivity contribution in [2.75, 3.05) is 29.3 Å². The van der Waals surface area contributed by atoms with Crippen molar-refractivity contribution in [2.24, 2.45) is 0 Å². The van der Waals surface area contributed by atoms with Gasteiger partial charge in [0.1, 0.15) is 17.3 Å². The highest BCUT2D eigenvalue weighted by atomic mass is 35.5. The lowest BCUT2D eigenvalue weighted by Crippen LogP contribution is -2.54. The SMILES string of the molecule is C[C@H](Oc1cccc(Cl)c1Cl)C(=O)N1CCN(c2ccc(S(=O)(=O)Nc3nccs3)cc2)C(=O)C1.[HH]. The van der Waals surface area contributed by atoms with Crippen molar-refractivity contribution in [3.63, 3.8) is 0 Å². The molecular formula is C22H22Cl2N4O5S2. The number of piperazine rings is 1. The van der Waals surface area contributed by atoms with E-state index in [-0.39, 0.29) is 53.7 Å². The van der Waals surface area contributed by atoms with Gasteiger partial charge in [-0.25, -0.2) is 13.4 Å². The average molecular weight is 557 g/mol. The normalized spacial score (nSPS) is 15.1. The summed E-state index contributed by atoms with van der Waals surface area (Å²) in [6, 6.07) is 10.8. The zero-order valence-corrected chi connectivity index (χ0v) is 21.5. The molecule has 2 amide bonds. The third-order valence-corrected chi connectivity index (χ3v) is 8.19. The van der Waals surface area contributed by atoms with Crippen LogP contribution >= 0.6 is 34.5 Å². The number of anilines is 2. The topological polar surface area (TPSA) is 109 Å². The fourth-order valence-electron chi connectivity index (χ4n) is 3.46. The van der Waals surface area contributed by atoms with Gasteiger partial charge in [-0.1, -0.05) is 29.3 Å². The first-order valence-electron chi connectivity index (χ1n) is 10.4. The summed E-state index contributed by atoms with van der Waals surface area (Å²) in [4.78, 5) is 32.5. The Labute approximate surface area is 217 Å². The second-order valence-corrected chi connectivity index (χ2v) is 10.9. The number of carbonyl (C=O) groups is 2. The van der Waals surface area contributed by atoms with Crippen molar-refractivity contribution in [3.05, 3.63) is 64.1 Å². The lowest BCUT2D eigenvalue weighted by molar-refractivity contribution is -0.142. The molecule has 35 heavy (non-hydrogen) atoms. The molecule has 0 spiro atoms. The zero-order valence-electron chi connectivity index (χ0n) is 18.4. The second-order valence-electron chi connectivity index (χ2n) is 7.55. The van der Waals surface area contributed by atoms with Crippen molar-refractivity contribution < 1.29 is 24.2 Å². The van der Waals surface area contributed by atoms with E-state index in [1.54, 1.807) is 42.6 Å². The van der Waals surface area contributed by atoms with Crippen molar-refractivity contribution in [1.82, 2.24) is 9.88 Å². The van der Waals surface area contributed by atoms with Crippen LogP contribution in [0, 0.1) is 0 Å². The maximum atomic E-state index is 12.8. The number of ether oxygens (including phenoxy) is 1. The summed E-state index contributed by atoms with van der Waals surface area (Å²) in [5, 5.41) is 2.45. The molecular weight excluding hydrogens is 535 g/mol. The molecule has 13 heteroatoms. The minimum Gasteiger partial charge on any atom is -0.479 e. The van der Waals surface area contributed by atoms with E-state index in [1.807, 2.05) is 0 Å². The highest BCUT2D eigenvalue weighted by Crippen LogP contribution is 2.32. The molecule has 2 heterocycles. The van der Waals surface area contributed by atoms with Gasteiger partial charge >= 0.3 is 0 Å². The van der Waals surface area contributed by atoms with Crippen LogP contribution in [-0.2, 0) is 19.6 Å². The third-order valence-electron chi connectivity index (χ3n) is 5.21. The zero-order chi connectivity index (χ0) is 25.2. The monoisotopic (exact) mass is 556 g/mol. The van der Waals surface area contributed by atoms with Crippen LogP contribution in [0.1, 0.15) is 8.35 Å². The second kappa shape index (κ2) is 10.4. The van der Waals surface area contributed by atoms with Crippen LogP contribution in [0.4, 0.5) is 10.8 Å². The van der Waals surface area contributed by atoms with Gasteiger partial charge in [-0.05, 0) is 43.3 Å². The van der Waals surface area contributed by atoms with E-state index in [4.69, 9.17) is 27.9 Å². The van der Waals surface area contributed by atoms with Gasteiger partial charge < -0.3 is 14.5 Å². The van der Waals surface area contributed by atoms with Crippen LogP contribution in [0.15, 0.2) is 58.9 Å². The summed E-state index contributed by atoms with van der Waals surface area (Å²) in [6.45, 7) is 1.97. The van der Waals surface area contributed by atoms with E-state index < -0.39 is 16.1 Å².